The minimum atomic E-state index is 0.114. The van der Waals surface area contributed by atoms with Gasteiger partial charge in [-0.2, -0.15) is 0 Å². The first-order valence-electron chi connectivity index (χ1n) is 6.39. The van der Waals surface area contributed by atoms with Crippen molar-refractivity contribution in [2.45, 2.75) is 46.4 Å². The summed E-state index contributed by atoms with van der Waals surface area (Å²) in [5.74, 6) is 0.137. The Labute approximate surface area is 108 Å². The zero-order valence-corrected chi connectivity index (χ0v) is 11.5. The number of hydrogen-bond acceptors (Lipinski definition) is 3. The molecule has 0 radical (unpaired) electrons. The van der Waals surface area contributed by atoms with Gasteiger partial charge < -0.3 is 14.2 Å². The van der Waals surface area contributed by atoms with Gasteiger partial charge in [-0.1, -0.05) is 0 Å². The van der Waals surface area contributed by atoms with E-state index in [9.17, 15) is 4.79 Å². The largest absolute Gasteiger partial charge is 0.372 e. The standard InChI is InChI=1S/C13H21N3O2/c1-9-5-15(6-10(2)18-9)13(17)7-16-8-14-11(3)12(16)4/h8-10H,5-7H2,1-4H3. The Hall–Kier alpha value is -1.36. The van der Waals surface area contributed by atoms with Gasteiger partial charge in [-0.25, -0.2) is 4.98 Å². The highest BCUT2D eigenvalue weighted by Crippen LogP contribution is 2.12. The van der Waals surface area contributed by atoms with E-state index >= 15 is 0 Å². The van der Waals surface area contributed by atoms with Gasteiger partial charge in [0.2, 0.25) is 5.91 Å². The Morgan fingerprint density at radius 2 is 2.00 bits per heavy atom. The Bertz CT molecular complexity index is 431. The van der Waals surface area contributed by atoms with Crippen molar-refractivity contribution >= 4 is 5.91 Å². The first-order chi connectivity index (χ1) is 8.47. The molecule has 18 heavy (non-hydrogen) atoms. The van der Waals surface area contributed by atoms with Crippen LogP contribution in [0, 0.1) is 13.8 Å². The molecule has 2 atom stereocenters. The predicted molar refractivity (Wildman–Crippen MR) is 68.3 cm³/mol. The molecule has 1 aliphatic heterocycles. The maximum atomic E-state index is 12.2. The monoisotopic (exact) mass is 251 g/mol. The normalized spacial score (nSPS) is 24.3. The number of aryl methyl sites for hydroxylation is 1. The van der Waals surface area contributed by atoms with E-state index in [1.54, 1.807) is 6.33 Å². The van der Waals surface area contributed by atoms with Crippen molar-refractivity contribution < 1.29 is 9.53 Å². The van der Waals surface area contributed by atoms with Crippen LogP contribution >= 0.6 is 0 Å². The Morgan fingerprint density at radius 3 is 2.50 bits per heavy atom. The van der Waals surface area contributed by atoms with Crippen LogP contribution in [-0.4, -0.2) is 45.7 Å². The number of carbonyl (C=O) groups is 1. The van der Waals surface area contributed by atoms with Crippen molar-refractivity contribution in [3.8, 4) is 0 Å². The van der Waals surface area contributed by atoms with Gasteiger partial charge in [-0.05, 0) is 27.7 Å². The molecule has 1 amide bonds. The van der Waals surface area contributed by atoms with Gasteiger partial charge in [-0.15, -0.1) is 0 Å². The van der Waals surface area contributed by atoms with Crippen molar-refractivity contribution in [3.63, 3.8) is 0 Å². The van der Waals surface area contributed by atoms with Crippen molar-refractivity contribution in [2.24, 2.45) is 0 Å². The highest BCUT2D eigenvalue weighted by atomic mass is 16.5. The molecule has 2 unspecified atom stereocenters. The first kappa shape index (κ1) is 13.1. The maximum absolute atomic E-state index is 12.2. The van der Waals surface area contributed by atoms with Crippen LogP contribution in [0.25, 0.3) is 0 Å². The molecule has 1 saturated heterocycles. The summed E-state index contributed by atoms with van der Waals surface area (Å²) in [5, 5.41) is 0. The second kappa shape index (κ2) is 5.10. The van der Waals surface area contributed by atoms with Gasteiger partial charge >= 0.3 is 0 Å². The summed E-state index contributed by atoms with van der Waals surface area (Å²) in [5.41, 5.74) is 2.03. The lowest BCUT2D eigenvalue weighted by Gasteiger charge is -2.35. The molecule has 2 heterocycles. The highest BCUT2D eigenvalue weighted by Gasteiger charge is 2.26. The molecule has 5 nitrogen and oxygen atoms in total. The Kier molecular flexibility index (Phi) is 3.71. The summed E-state index contributed by atoms with van der Waals surface area (Å²) in [7, 11) is 0. The van der Waals surface area contributed by atoms with E-state index in [0.717, 1.165) is 11.4 Å². The highest BCUT2D eigenvalue weighted by molar-refractivity contribution is 5.76. The summed E-state index contributed by atoms with van der Waals surface area (Å²) in [6.07, 6.45) is 1.96. The average Bonchev–Trinajstić information content (AvgIpc) is 2.59. The van der Waals surface area contributed by atoms with Crippen LogP contribution in [0.15, 0.2) is 6.33 Å². The molecule has 0 aliphatic carbocycles. The fraction of sp³-hybridized carbons (Fsp3) is 0.692. The molecule has 1 aromatic heterocycles. The summed E-state index contributed by atoms with van der Waals surface area (Å²) >= 11 is 0. The van der Waals surface area contributed by atoms with Crippen LogP contribution in [0.5, 0.6) is 0 Å². The fourth-order valence-electron chi connectivity index (χ4n) is 2.33. The van der Waals surface area contributed by atoms with Crippen LogP contribution in [-0.2, 0) is 16.1 Å². The third-order valence-electron chi connectivity index (χ3n) is 3.42. The van der Waals surface area contributed by atoms with Crippen molar-refractivity contribution in [3.05, 3.63) is 17.7 Å². The predicted octanol–water partition coefficient (Wildman–Crippen LogP) is 1.14. The van der Waals surface area contributed by atoms with Gasteiger partial charge in [-0.3, -0.25) is 4.79 Å². The third-order valence-corrected chi connectivity index (χ3v) is 3.42. The van der Waals surface area contributed by atoms with E-state index in [0.29, 0.717) is 19.6 Å². The number of ether oxygens (including phenoxy) is 1. The molecule has 1 fully saturated rings. The molecule has 0 aromatic carbocycles. The third kappa shape index (κ3) is 2.72. The number of morpholine rings is 1. The van der Waals surface area contributed by atoms with Crippen LogP contribution in [0.1, 0.15) is 25.2 Å². The number of amides is 1. The van der Waals surface area contributed by atoms with Gasteiger partial charge in [0.15, 0.2) is 0 Å². The molecule has 100 valence electrons. The van der Waals surface area contributed by atoms with Gasteiger partial charge in [0.25, 0.3) is 0 Å². The number of aromatic nitrogens is 2. The molecular weight excluding hydrogens is 230 g/mol. The lowest BCUT2D eigenvalue weighted by Crippen LogP contribution is -2.49. The van der Waals surface area contributed by atoms with Crippen LogP contribution in [0.4, 0.5) is 0 Å². The fourth-order valence-corrected chi connectivity index (χ4v) is 2.33. The van der Waals surface area contributed by atoms with E-state index in [4.69, 9.17) is 4.74 Å². The Balaban J connectivity index is 2.01. The molecule has 0 N–H and O–H groups in total. The molecule has 5 heteroatoms. The van der Waals surface area contributed by atoms with Crippen molar-refractivity contribution in [1.29, 1.82) is 0 Å². The molecule has 0 saturated carbocycles. The van der Waals surface area contributed by atoms with Gasteiger partial charge in [0, 0.05) is 18.8 Å². The van der Waals surface area contributed by atoms with E-state index in [1.165, 1.54) is 0 Å². The smallest absolute Gasteiger partial charge is 0.242 e. The van der Waals surface area contributed by atoms with Crippen LogP contribution in [0.2, 0.25) is 0 Å². The SMILES string of the molecule is Cc1ncn(CC(=O)N2CC(C)OC(C)C2)c1C. The minimum Gasteiger partial charge on any atom is -0.372 e. The number of imidazole rings is 1. The van der Waals surface area contributed by atoms with Gasteiger partial charge in [0.1, 0.15) is 6.54 Å². The second-order valence-electron chi connectivity index (χ2n) is 5.10. The number of rotatable bonds is 2. The summed E-state index contributed by atoms with van der Waals surface area (Å²) in [4.78, 5) is 18.3. The molecule has 1 aliphatic rings. The number of nitrogens with zero attached hydrogens (tertiary/aromatic N) is 3. The van der Waals surface area contributed by atoms with Crippen molar-refractivity contribution in [1.82, 2.24) is 14.5 Å². The van der Waals surface area contributed by atoms with Crippen molar-refractivity contribution in [2.75, 3.05) is 13.1 Å². The first-order valence-corrected chi connectivity index (χ1v) is 6.39. The zero-order valence-electron chi connectivity index (χ0n) is 11.5. The molecule has 0 bridgehead atoms. The average molecular weight is 251 g/mol. The summed E-state index contributed by atoms with van der Waals surface area (Å²) in [6, 6.07) is 0. The number of hydrogen-bond donors (Lipinski definition) is 0. The summed E-state index contributed by atoms with van der Waals surface area (Å²) < 4.78 is 7.54. The number of carbonyl (C=O) groups excluding carboxylic acids is 1. The van der Waals surface area contributed by atoms with E-state index < -0.39 is 0 Å². The van der Waals surface area contributed by atoms with E-state index in [2.05, 4.69) is 4.98 Å². The molecule has 0 spiro atoms. The second-order valence-corrected chi connectivity index (χ2v) is 5.10. The minimum absolute atomic E-state index is 0.114. The lowest BCUT2D eigenvalue weighted by molar-refractivity contribution is -0.143. The van der Waals surface area contributed by atoms with E-state index in [-0.39, 0.29) is 18.1 Å². The van der Waals surface area contributed by atoms with E-state index in [1.807, 2.05) is 37.2 Å². The quantitative estimate of drug-likeness (QED) is 0.792. The van der Waals surface area contributed by atoms with Gasteiger partial charge in [0.05, 0.1) is 24.2 Å². The topological polar surface area (TPSA) is 47.4 Å². The van der Waals surface area contributed by atoms with Crippen LogP contribution < -0.4 is 0 Å². The van der Waals surface area contributed by atoms with Crippen LogP contribution in [0.3, 0.4) is 0 Å². The Morgan fingerprint density at radius 1 is 1.39 bits per heavy atom. The maximum Gasteiger partial charge on any atom is 0.242 e. The molecule has 1 aromatic rings. The lowest BCUT2D eigenvalue weighted by atomic mass is 10.2. The molecule has 2 rings (SSSR count). The molecular formula is C13H21N3O2. The zero-order chi connectivity index (χ0) is 13.3. The summed E-state index contributed by atoms with van der Waals surface area (Å²) in [6.45, 7) is 9.67.